The lowest BCUT2D eigenvalue weighted by molar-refractivity contribution is -0.127. The van der Waals surface area contributed by atoms with Crippen LogP contribution >= 0.6 is 27.7 Å². The van der Waals surface area contributed by atoms with E-state index < -0.39 is 46.7 Å². The van der Waals surface area contributed by atoms with E-state index in [0.717, 1.165) is 21.7 Å². The summed E-state index contributed by atoms with van der Waals surface area (Å²) >= 11 is 4.03. The number of anilines is 2. The fourth-order valence-electron chi connectivity index (χ4n) is 3.89. The van der Waals surface area contributed by atoms with Gasteiger partial charge in [-0.1, -0.05) is 22.0 Å². The SMILES string of the molecule is COc1cc(/C=C2/SC(=O)N(CC(=O)Nc3ccc(F)c(F)c3F)C2=O)ccc1OCC(=O)Nc1ccc(Br)c(C)c1C. The van der Waals surface area contributed by atoms with E-state index in [9.17, 15) is 32.3 Å². The van der Waals surface area contributed by atoms with Gasteiger partial charge in [-0.3, -0.25) is 24.1 Å². The van der Waals surface area contributed by atoms with Crippen molar-refractivity contribution in [3.05, 3.63) is 86.0 Å². The lowest BCUT2D eigenvalue weighted by Crippen LogP contribution is -2.36. The molecule has 0 bridgehead atoms. The second-order valence-corrected chi connectivity index (χ2v) is 11.0. The third-order valence-corrected chi connectivity index (χ3v) is 8.09. The number of nitrogens with zero attached hydrogens (tertiary/aromatic N) is 1. The number of carbonyl (C=O) groups is 4. The largest absolute Gasteiger partial charge is 0.493 e. The van der Waals surface area contributed by atoms with Crippen molar-refractivity contribution >= 4 is 68.1 Å². The summed E-state index contributed by atoms with van der Waals surface area (Å²) in [4.78, 5) is 50.7. The molecule has 0 aromatic heterocycles. The number of halogens is 4. The first kappa shape index (κ1) is 31.6. The lowest BCUT2D eigenvalue weighted by Gasteiger charge is -2.14. The third-order valence-electron chi connectivity index (χ3n) is 6.32. The van der Waals surface area contributed by atoms with Crippen molar-refractivity contribution in [3.63, 3.8) is 0 Å². The number of benzene rings is 3. The zero-order valence-electron chi connectivity index (χ0n) is 22.8. The maximum absolute atomic E-state index is 13.9. The van der Waals surface area contributed by atoms with Crippen molar-refractivity contribution in [3.8, 4) is 11.5 Å². The van der Waals surface area contributed by atoms with Gasteiger partial charge in [0.25, 0.3) is 17.1 Å². The average Bonchev–Trinajstić information content (AvgIpc) is 3.24. The normalized spacial score (nSPS) is 13.8. The fourth-order valence-corrected chi connectivity index (χ4v) is 5.16. The summed E-state index contributed by atoms with van der Waals surface area (Å²) in [7, 11) is 1.39. The van der Waals surface area contributed by atoms with Crippen LogP contribution in [0, 0.1) is 31.3 Å². The summed E-state index contributed by atoms with van der Waals surface area (Å²) < 4.78 is 52.4. The minimum Gasteiger partial charge on any atom is -0.493 e. The standard InChI is InChI=1S/C29H23BrF3N3O6S/c1-14-15(2)19(7-5-17(14)30)34-25(38)13-42-21-9-4-16(10-22(21)41-3)11-23-28(39)36(29(40)43-23)12-24(37)35-20-8-6-18(31)26(32)27(20)33/h4-11H,12-13H2,1-3H3,(H,34,38)(H,35,37)/b23-11+. The molecule has 1 heterocycles. The van der Waals surface area contributed by atoms with Crippen molar-refractivity contribution in [2.45, 2.75) is 13.8 Å². The van der Waals surface area contributed by atoms with Crippen LogP contribution in [0.25, 0.3) is 6.08 Å². The molecule has 1 aliphatic rings. The Morgan fingerprint density at radius 3 is 2.35 bits per heavy atom. The Balaban J connectivity index is 1.39. The van der Waals surface area contributed by atoms with E-state index in [2.05, 4.69) is 21.2 Å². The van der Waals surface area contributed by atoms with Crippen molar-refractivity contribution in [2.24, 2.45) is 0 Å². The van der Waals surface area contributed by atoms with Crippen LogP contribution in [-0.4, -0.2) is 48.1 Å². The molecule has 9 nitrogen and oxygen atoms in total. The quantitative estimate of drug-likeness (QED) is 0.205. The molecule has 1 saturated heterocycles. The summed E-state index contributed by atoms with van der Waals surface area (Å²) in [5.74, 6) is -6.48. The first-order chi connectivity index (χ1) is 20.4. The van der Waals surface area contributed by atoms with Crippen molar-refractivity contribution in [1.29, 1.82) is 0 Å². The molecule has 0 spiro atoms. The molecule has 14 heteroatoms. The van der Waals surface area contributed by atoms with Crippen LogP contribution in [0.3, 0.4) is 0 Å². The molecule has 3 aromatic rings. The monoisotopic (exact) mass is 677 g/mol. The summed E-state index contributed by atoms with van der Waals surface area (Å²) in [6, 6.07) is 9.69. The summed E-state index contributed by atoms with van der Waals surface area (Å²) in [5.41, 5.74) is 2.37. The highest BCUT2D eigenvalue weighted by molar-refractivity contribution is 9.10. The summed E-state index contributed by atoms with van der Waals surface area (Å²) in [5, 5.41) is 4.06. The van der Waals surface area contributed by atoms with Crippen LogP contribution in [0.4, 0.5) is 29.3 Å². The van der Waals surface area contributed by atoms with Crippen LogP contribution in [-0.2, 0) is 14.4 Å². The molecule has 0 atom stereocenters. The minimum absolute atomic E-state index is 0.00734. The van der Waals surface area contributed by atoms with Gasteiger partial charge < -0.3 is 20.1 Å². The molecule has 4 amide bonds. The number of nitrogens with one attached hydrogen (secondary N) is 2. The van der Waals surface area contributed by atoms with Crippen molar-refractivity contribution in [1.82, 2.24) is 4.90 Å². The molecular weight excluding hydrogens is 655 g/mol. The molecule has 43 heavy (non-hydrogen) atoms. The summed E-state index contributed by atoms with van der Waals surface area (Å²) in [6.45, 7) is 2.73. The topological polar surface area (TPSA) is 114 Å². The number of methoxy groups -OCH3 is 1. The van der Waals surface area contributed by atoms with Gasteiger partial charge in [0.15, 0.2) is 35.6 Å². The predicted octanol–water partition coefficient (Wildman–Crippen LogP) is 6.18. The van der Waals surface area contributed by atoms with Gasteiger partial charge in [-0.25, -0.2) is 13.2 Å². The lowest BCUT2D eigenvalue weighted by atomic mass is 10.1. The summed E-state index contributed by atoms with van der Waals surface area (Å²) in [6.07, 6.45) is 1.40. The molecule has 1 aliphatic heterocycles. The van der Waals surface area contributed by atoms with Crippen LogP contribution < -0.4 is 20.1 Å². The zero-order chi connectivity index (χ0) is 31.4. The highest BCUT2D eigenvalue weighted by Crippen LogP contribution is 2.35. The van der Waals surface area contributed by atoms with Gasteiger partial charge in [-0.15, -0.1) is 0 Å². The maximum atomic E-state index is 13.9. The Hall–Kier alpha value is -4.30. The van der Waals surface area contributed by atoms with Gasteiger partial charge in [-0.05, 0) is 84.8 Å². The predicted molar refractivity (Wildman–Crippen MR) is 158 cm³/mol. The Kier molecular flexibility index (Phi) is 9.81. The number of imide groups is 1. The Morgan fingerprint density at radius 1 is 0.930 bits per heavy atom. The third kappa shape index (κ3) is 7.20. The number of hydrogen-bond acceptors (Lipinski definition) is 7. The molecule has 224 valence electrons. The number of thioether (sulfide) groups is 1. The maximum Gasteiger partial charge on any atom is 0.294 e. The van der Waals surface area contributed by atoms with Gasteiger partial charge in [0.2, 0.25) is 5.91 Å². The van der Waals surface area contributed by atoms with Crippen LogP contribution in [0.2, 0.25) is 0 Å². The van der Waals surface area contributed by atoms with Gasteiger partial charge in [0, 0.05) is 10.2 Å². The van der Waals surface area contributed by atoms with E-state index in [1.807, 2.05) is 25.2 Å². The van der Waals surface area contributed by atoms with Gasteiger partial charge in [-0.2, -0.15) is 0 Å². The van der Waals surface area contributed by atoms with E-state index >= 15 is 0 Å². The highest BCUT2D eigenvalue weighted by atomic mass is 79.9. The Morgan fingerprint density at radius 2 is 1.63 bits per heavy atom. The molecule has 1 fully saturated rings. The van der Waals surface area contributed by atoms with Gasteiger partial charge >= 0.3 is 0 Å². The van der Waals surface area contributed by atoms with E-state index in [1.165, 1.54) is 25.3 Å². The molecule has 4 rings (SSSR count). The molecule has 0 saturated carbocycles. The fraction of sp³-hybridized carbons (Fsp3) is 0.172. The molecule has 0 unspecified atom stereocenters. The average molecular weight is 678 g/mol. The van der Waals surface area contributed by atoms with Crippen molar-refractivity contribution in [2.75, 3.05) is 30.9 Å². The van der Waals surface area contributed by atoms with Crippen LogP contribution in [0.15, 0.2) is 51.8 Å². The molecule has 0 radical (unpaired) electrons. The van der Waals surface area contributed by atoms with E-state index in [4.69, 9.17) is 9.47 Å². The molecule has 0 aliphatic carbocycles. The van der Waals surface area contributed by atoms with E-state index in [1.54, 1.807) is 12.1 Å². The second kappa shape index (κ2) is 13.3. The van der Waals surface area contributed by atoms with E-state index in [-0.39, 0.29) is 28.9 Å². The first-order valence-electron chi connectivity index (χ1n) is 12.4. The molecule has 3 aromatic carbocycles. The van der Waals surface area contributed by atoms with Crippen molar-refractivity contribution < 1.29 is 41.8 Å². The molecule has 2 N–H and O–H groups in total. The van der Waals surface area contributed by atoms with Crippen LogP contribution in [0.5, 0.6) is 11.5 Å². The number of amides is 4. The molecular formula is C29H23BrF3N3O6S. The number of ether oxygens (including phenoxy) is 2. The van der Waals surface area contributed by atoms with E-state index in [0.29, 0.717) is 34.0 Å². The number of hydrogen-bond donors (Lipinski definition) is 2. The Labute approximate surface area is 256 Å². The highest BCUT2D eigenvalue weighted by Gasteiger charge is 2.36. The first-order valence-corrected chi connectivity index (χ1v) is 14.1. The smallest absolute Gasteiger partial charge is 0.294 e. The zero-order valence-corrected chi connectivity index (χ0v) is 25.3. The van der Waals surface area contributed by atoms with Gasteiger partial charge in [0.05, 0.1) is 17.7 Å². The number of carbonyl (C=O) groups excluding carboxylic acids is 4. The second-order valence-electron chi connectivity index (χ2n) is 9.13. The van der Waals surface area contributed by atoms with Crippen LogP contribution in [0.1, 0.15) is 16.7 Å². The Bertz CT molecular complexity index is 1680. The van der Waals surface area contributed by atoms with Gasteiger partial charge in [0.1, 0.15) is 6.54 Å². The minimum atomic E-state index is -1.77. The number of rotatable bonds is 9.